The van der Waals surface area contributed by atoms with Gasteiger partial charge in [0, 0.05) is 12.1 Å². The van der Waals surface area contributed by atoms with E-state index in [0.29, 0.717) is 11.4 Å². The fourth-order valence-corrected chi connectivity index (χ4v) is 2.97. The highest BCUT2D eigenvalue weighted by atomic mass is 16.5. The molecule has 134 valence electrons. The number of aromatic nitrogens is 2. The van der Waals surface area contributed by atoms with Crippen LogP contribution in [0.2, 0.25) is 0 Å². The van der Waals surface area contributed by atoms with Crippen molar-refractivity contribution in [3.8, 4) is 0 Å². The maximum Gasteiger partial charge on any atom is 0.332 e. The number of nitrogens with one attached hydrogen (secondary N) is 2. The molecule has 1 saturated heterocycles. The SMILES string of the molecule is Cc1cccc(Nc2c(C)c(=O)[nH]c(=O)n2[C@H]2C[C@H](O)[C@@H](CO)O2)c1. The molecule has 1 aliphatic rings. The van der Waals surface area contributed by atoms with Crippen LogP contribution in [0.5, 0.6) is 0 Å². The summed E-state index contributed by atoms with van der Waals surface area (Å²) >= 11 is 0. The lowest BCUT2D eigenvalue weighted by Crippen LogP contribution is -2.36. The molecular formula is C17H21N3O5. The molecular weight excluding hydrogens is 326 g/mol. The number of H-pyrrole nitrogens is 1. The summed E-state index contributed by atoms with van der Waals surface area (Å²) in [5.74, 6) is 0.301. The third kappa shape index (κ3) is 3.37. The van der Waals surface area contributed by atoms with E-state index in [2.05, 4.69) is 10.3 Å². The number of aryl methyl sites for hydroxylation is 1. The van der Waals surface area contributed by atoms with Crippen LogP contribution >= 0.6 is 0 Å². The number of benzene rings is 1. The van der Waals surface area contributed by atoms with Crippen LogP contribution in [0.15, 0.2) is 33.9 Å². The van der Waals surface area contributed by atoms with E-state index < -0.39 is 29.7 Å². The minimum Gasteiger partial charge on any atom is -0.394 e. The molecule has 8 nitrogen and oxygen atoms in total. The quantitative estimate of drug-likeness (QED) is 0.641. The van der Waals surface area contributed by atoms with Crippen molar-refractivity contribution in [1.29, 1.82) is 0 Å². The molecule has 0 radical (unpaired) electrons. The standard InChI is InChI=1S/C17H21N3O5/c1-9-4-3-5-11(6-9)18-15-10(2)16(23)19-17(24)20(15)14-7-12(22)13(8-21)25-14/h3-6,12-14,18,21-22H,7-8H2,1-2H3,(H,19,23,24)/t12-,13+,14+/m0/s1. The molecule has 1 aromatic carbocycles. The zero-order valence-corrected chi connectivity index (χ0v) is 14.0. The summed E-state index contributed by atoms with van der Waals surface area (Å²) in [6, 6.07) is 7.51. The van der Waals surface area contributed by atoms with Gasteiger partial charge in [-0.05, 0) is 31.5 Å². The lowest BCUT2D eigenvalue weighted by molar-refractivity contribution is -0.0452. The topological polar surface area (TPSA) is 117 Å². The first-order chi connectivity index (χ1) is 11.9. The van der Waals surface area contributed by atoms with E-state index in [1.807, 2.05) is 31.2 Å². The fraction of sp³-hybridized carbons (Fsp3) is 0.412. The summed E-state index contributed by atoms with van der Waals surface area (Å²) < 4.78 is 6.86. The average Bonchev–Trinajstić information content (AvgIpc) is 2.93. The highest BCUT2D eigenvalue weighted by molar-refractivity contribution is 5.60. The van der Waals surface area contributed by atoms with Gasteiger partial charge in [-0.25, -0.2) is 4.79 Å². The van der Waals surface area contributed by atoms with Crippen molar-refractivity contribution in [2.75, 3.05) is 11.9 Å². The van der Waals surface area contributed by atoms with Crippen molar-refractivity contribution >= 4 is 11.5 Å². The number of aliphatic hydroxyl groups is 2. The number of aromatic amines is 1. The second-order valence-electron chi connectivity index (χ2n) is 6.21. The summed E-state index contributed by atoms with van der Waals surface area (Å²) in [6.45, 7) is 3.18. The molecule has 0 spiro atoms. The molecule has 0 bridgehead atoms. The Hall–Kier alpha value is -2.42. The Balaban J connectivity index is 2.07. The third-order valence-corrected chi connectivity index (χ3v) is 4.33. The van der Waals surface area contributed by atoms with E-state index >= 15 is 0 Å². The van der Waals surface area contributed by atoms with Crippen molar-refractivity contribution in [2.45, 2.75) is 38.7 Å². The van der Waals surface area contributed by atoms with Gasteiger partial charge in [-0.2, -0.15) is 0 Å². The van der Waals surface area contributed by atoms with E-state index in [1.165, 1.54) is 4.57 Å². The first-order valence-electron chi connectivity index (χ1n) is 8.04. The summed E-state index contributed by atoms with van der Waals surface area (Å²) in [7, 11) is 0. The number of ether oxygens (including phenoxy) is 1. The Morgan fingerprint density at radius 3 is 2.76 bits per heavy atom. The molecule has 0 unspecified atom stereocenters. The highest BCUT2D eigenvalue weighted by Crippen LogP contribution is 2.31. The van der Waals surface area contributed by atoms with Crippen LogP contribution in [0.4, 0.5) is 11.5 Å². The van der Waals surface area contributed by atoms with Gasteiger partial charge in [-0.3, -0.25) is 14.3 Å². The van der Waals surface area contributed by atoms with Crippen LogP contribution < -0.4 is 16.6 Å². The van der Waals surface area contributed by atoms with Gasteiger partial charge < -0.3 is 20.3 Å². The Bertz CT molecular complexity index is 889. The first-order valence-corrected chi connectivity index (χ1v) is 8.04. The maximum atomic E-state index is 12.4. The van der Waals surface area contributed by atoms with Crippen LogP contribution in [0.1, 0.15) is 23.8 Å². The van der Waals surface area contributed by atoms with Gasteiger partial charge in [0.05, 0.1) is 18.3 Å². The van der Waals surface area contributed by atoms with Crippen molar-refractivity contribution in [3.05, 3.63) is 56.2 Å². The van der Waals surface area contributed by atoms with Gasteiger partial charge in [0.15, 0.2) is 0 Å². The van der Waals surface area contributed by atoms with Crippen molar-refractivity contribution in [2.24, 2.45) is 0 Å². The van der Waals surface area contributed by atoms with E-state index in [-0.39, 0.29) is 13.0 Å². The normalized spacial score (nSPS) is 23.0. The summed E-state index contributed by atoms with van der Waals surface area (Å²) in [5.41, 5.74) is 0.940. The van der Waals surface area contributed by atoms with Crippen molar-refractivity contribution in [1.82, 2.24) is 9.55 Å². The molecule has 2 heterocycles. The van der Waals surface area contributed by atoms with Gasteiger partial charge in [-0.15, -0.1) is 0 Å². The predicted octanol–water partition coefficient (Wildman–Crippen LogP) is 0.538. The molecule has 3 rings (SSSR count). The molecule has 25 heavy (non-hydrogen) atoms. The summed E-state index contributed by atoms with van der Waals surface area (Å²) in [4.78, 5) is 26.7. The van der Waals surface area contributed by atoms with Crippen LogP contribution in [0, 0.1) is 13.8 Å². The smallest absolute Gasteiger partial charge is 0.332 e. The molecule has 1 fully saturated rings. The Labute approximate surface area is 143 Å². The summed E-state index contributed by atoms with van der Waals surface area (Å²) in [6.07, 6.45) is -2.31. The second kappa shape index (κ2) is 6.83. The number of rotatable bonds is 4. The molecule has 8 heteroatoms. The Kier molecular flexibility index (Phi) is 4.76. The number of hydrogen-bond donors (Lipinski definition) is 4. The first kappa shape index (κ1) is 17.4. The van der Waals surface area contributed by atoms with E-state index in [1.54, 1.807) is 6.92 Å². The largest absolute Gasteiger partial charge is 0.394 e. The molecule has 0 amide bonds. The second-order valence-corrected chi connectivity index (χ2v) is 6.21. The maximum absolute atomic E-state index is 12.4. The van der Waals surface area contributed by atoms with Gasteiger partial charge in [0.25, 0.3) is 5.56 Å². The van der Waals surface area contributed by atoms with Crippen LogP contribution in [-0.2, 0) is 4.74 Å². The number of anilines is 2. The summed E-state index contributed by atoms with van der Waals surface area (Å²) in [5, 5.41) is 22.3. The number of nitrogens with zero attached hydrogens (tertiary/aromatic N) is 1. The van der Waals surface area contributed by atoms with Crippen LogP contribution in [0.25, 0.3) is 0 Å². The van der Waals surface area contributed by atoms with Gasteiger partial charge >= 0.3 is 5.69 Å². The number of aliphatic hydroxyl groups excluding tert-OH is 2. The predicted molar refractivity (Wildman–Crippen MR) is 92.1 cm³/mol. The van der Waals surface area contributed by atoms with Crippen molar-refractivity contribution < 1.29 is 14.9 Å². The highest BCUT2D eigenvalue weighted by Gasteiger charge is 2.36. The minimum atomic E-state index is -0.888. The average molecular weight is 347 g/mol. The van der Waals surface area contributed by atoms with Gasteiger partial charge in [-0.1, -0.05) is 12.1 Å². The fourth-order valence-electron chi connectivity index (χ4n) is 2.97. The van der Waals surface area contributed by atoms with Crippen LogP contribution in [-0.4, -0.2) is 38.6 Å². The molecule has 1 aromatic heterocycles. The van der Waals surface area contributed by atoms with E-state index in [4.69, 9.17) is 4.74 Å². The Morgan fingerprint density at radius 1 is 1.36 bits per heavy atom. The van der Waals surface area contributed by atoms with E-state index in [9.17, 15) is 19.8 Å². The Morgan fingerprint density at radius 2 is 2.12 bits per heavy atom. The molecule has 0 saturated carbocycles. The van der Waals surface area contributed by atoms with Crippen molar-refractivity contribution in [3.63, 3.8) is 0 Å². The molecule has 1 aliphatic heterocycles. The van der Waals surface area contributed by atoms with Crippen LogP contribution in [0.3, 0.4) is 0 Å². The lowest BCUT2D eigenvalue weighted by Gasteiger charge is -2.21. The zero-order valence-electron chi connectivity index (χ0n) is 14.0. The minimum absolute atomic E-state index is 0.138. The van der Waals surface area contributed by atoms with Gasteiger partial charge in [0.1, 0.15) is 18.1 Å². The third-order valence-electron chi connectivity index (χ3n) is 4.33. The number of hydrogen-bond acceptors (Lipinski definition) is 6. The lowest BCUT2D eigenvalue weighted by atomic mass is 10.2. The molecule has 2 aromatic rings. The molecule has 3 atom stereocenters. The monoisotopic (exact) mass is 347 g/mol. The zero-order chi connectivity index (χ0) is 18.1. The van der Waals surface area contributed by atoms with E-state index in [0.717, 1.165) is 11.3 Å². The molecule has 0 aliphatic carbocycles. The molecule has 4 N–H and O–H groups in total. The van der Waals surface area contributed by atoms with Gasteiger partial charge in [0.2, 0.25) is 0 Å².